The molecule has 0 bridgehead atoms. The highest BCUT2D eigenvalue weighted by Gasteiger charge is 2.20. The maximum absolute atomic E-state index is 9.90. The highest BCUT2D eigenvalue weighted by Crippen LogP contribution is 2.19. The third-order valence-electron chi connectivity index (χ3n) is 0.989. The SMILES string of the molecule is CC(C)(CO)CO[P+](=O)[O-]. The van der Waals surface area contributed by atoms with Crippen LogP contribution in [-0.2, 0) is 9.09 Å². The van der Waals surface area contributed by atoms with Crippen LogP contribution in [0.4, 0.5) is 0 Å². The monoisotopic (exact) mass is 166 g/mol. The summed E-state index contributed by atoms with van der Waals surface area (Å²) in [6.07, 6.45) is 0. The highest BCUT2D eigenvalue weighted by molar-refractivity contribution is 7.30. The van der Waals surface area contributed by atoms with Crippen molar-refractivity contribution in [1.29, 1.82) is 0 Å². The molecule has 0 aliphatic rings. The van der Waals surface area contributed by atoms with Crippen LogP contribution < -0.4 is 4.89 Å². The van der Waals surface area contributed by atoms with Crippen molar-refractivity contribution in [2.75, 3.05) is 13.2 Å². The van der Waals surface area contributed by atoms with Crippen LogP contribution >= 0.6 is 8.25 Å². The molecule has 0 rings (SSSR count). The number of rotatable bonds is 4. The average Bonchev–Trinajstić information content (AvgIpc) is 1.85. The molecule has 0 spiro atoms. The molecule has 10 heavy (non-hydrogen) atoms. The van der Waals surface area contributed by atoms with E-state index in [1.807, 2.05) is 0 Å². The molecule has 0 radical (unpaired) electrons. The van der Waals surface area contributed by atoms with Crippen LogP contribution in [0.1, 0.15) is 13.8 Å². The predicted molar refractivity (Wildman–Crippen MR) is 34.4 cm³/mol. The summed E-state index contributed by atoms with van der Waals surface area (Å²) in [6, 6.07) is 0. The molecule has 0 aromatic carbocycles. The molecule has 0 aromatic heterocycles. The normalized spacial score (nSPS) is 13.4. The van der Waals surface area contributed by atoms with E-state index in [-0.39, 0.29) is 13.2 Å². The van der Waals surface area contributed by atoms with Gasteiger partial charge >= 0.3 is 8.25 Å². The Balaban J connectivity index is 3.56. The Hall–Kier alpha value is -0.0200. The van der Waals surface area contributed by atoms with Gasteiger partial charge in [0.2, 0.25) is 0 Å². The molecule has 1 N–H and O–H groups in total. The van der Waals surface area contributed by atoms with Crippen molar-refractivity contribution >= 4 is 8.25 Å². The van der Waals surface area contributed by atoms with Crippen LogP contribution in [0.15, 0.2) is 0 Å². The molecular formula is C5H11O4P. The first-order chi connectivity index (χ1) is 4.48. The molecule has 0 aliphatic heterocycles. The van der Waals surface area contributed by atoms with Crippen molar-refractivity contribution in [3.05, 3.63) is 0 Å². The van der Waals surface area contributed by atoms with Crippen molar-refractivity contribution in [3.8, 4) is 0 Å². The first-order valence-corrected chi connectivity index (χ1v) is 3.96. The molecule has 0 saturated heterocycles. The van der Waals surface area contributed by atoms with E-state index >= 15 is 0 Å². The zero-order chi connectivity index (χ0) is 8.20. The van der Waals surface area contributed by atoms with Crippen LogP contribution in [0.2, 0.25) is 0 Å². The van der Waals surface area contributed by atoms with Crippen molar-refractivity contribution in [3.63, 3.8) is 0 Å². The topological polar surface area (TPSA) is 69.6 Å². The summed E-state index contributed by atoms with van der Waals surface area (Å²) < 4.78 is 14.2. The van der Waals surface area contributed by atoms with E-state index in [0.29, 0.717) is 0 Å². The number of aliphatic hydroxyl groups excluding tert-OH is 1. The lowest BCUT2D eigenvalue weighted by atomic mass is 9.97. The largest absolute Gasteiger partial charge is 0.566 e. The zero-order valence-electron chi connectivity index (χ0n) is 6.03. The van der Waals surface area contributed by atoms with E-state index < -0.39 is 13.7 Å². The van der Waals surface area contributed by atoms with Crippen LogP contribution in [0.5, 0.6) is 0 Å². The average molecular weight is 166 g/mol. The third kappa shape index (κ3) is 4.82. The molecule has 0 fully saturated rings. The Labute approximate surface area is 60.8 Å². The van der Waals surface area contributed by atoms with Gasteiger partial charge in [0.1, 0.15) is 6.61 Å². The summed E-state index contributed by atoms with van der Waals surface area (Å²) in [6.45, 7) is 3.37. The Morgan fingerprint density at radius 3 is 2.50 bits per heavy atom. The van der Waals surface area contributed by atoms with Crippen LogP contribution in [0, 0.1) is 5.41 Å². The maximum atomic E-state index is 9.90. The Morgan fingerprint density at radius 1 is 1.70 bits per heavy atom. The van der Waals surface area contributed by atoms with Crippen molar-refractivity contribution in [2.24, 2.45) is 5.41 Å². The second-order valence-corrected chi connectivity index (χ2v) is 3.52. The second-order valence-electron chi connectivity index (χ2n) is 2.82. The quantitative estimate of drug-likeness (QED) is 0.598. The summed E-state index contributed by atoms with van der Waals surface area (Å²) >= 11 is 0. The molecule has 0 heterocycles. The van der Waals surface area contributed by atoms with E-state index in [1.165, 1.54) is 0 Å². The fourth-order valence-corrected chi connectivity index (χ4v) is 0.728. The van der Waals surface area contributed by atoms with Gasteiger partial charge in [-0.3, -0.25) is 0 Å². The van der Waals surface area contributed by atoms with Gasteiger partial charge in [-0.05, 0) is 4.57 Å². The molecule has 5 heteroatoms. The van der Waals surface area contributed by atoms with Gasteiger partial charge in [0.25, 0.3) is 0 Å². The molecule has 60 valence electrons. The molecule has 4 nitrogen and oxygen atoms in total. The Bertz CT molecular complexity index is 123. The van der Waals surface area contributed by atoms with Gasteiger partial charge in [-0.15, -0.1) is 4.52 Å². The van der Waals surface area contributed by atoms with E-state index in [9.17, 15) is 9.46 Å². The van der Waals surface area contributed by atoms with Crippen molar-refractivity contribution in [1.82, 2.24) is 0 Å². The molecule has 0 aliphatic carbocycles. The van der Waals surface area contributed by atoms with E-state index in [4.69, 9.17) is 5.11 Å². The van der Waals surface area contributed by atoms with Crippen molar-refractivity contribution in [2.45, 2.75) is 13.8 Å². The molecule has 1 unspecified atom stereocenters. The molecule has 0 amide bonds. The Morgan fingerprint density at radius 2 is 2.20 bits per heavy atom. The molecular weight excluding hydrogens is 155 g/mol. The van der Waals surface area contributed by atoms with E-state index in [0.717, 1.165) is 0 Å². The minimum absolute atomic E-state index is 0.0300. The van der Waals surface area contributed by atoms with Crippen LogP contribution in [0.25, 0.3) is 0 Å². The minimum atomic E-state index is -2.78. The molecule has 1 atom stereocenters. The van der Waals surface area contributed by atoms with Gasteiger partial charge in [-0.2, -0.15) is 0 Å². The second kappa shape index (κ2) is 3.98. The molecule has 0 aromatic rings. The van der Waals surface area contributed by atoms with Gasteiger partial charge in [0.05, 0.1) is 6.61 Å². The van der Waals surface area contributed by atoms with Gasteiger partial charge in [0.15, 0.2) is 0 Å². The van der Waals surface area contributed by atoms with Gasteiger partial charge in [0, 0.05) is 5.41 Å². The van der Waals surface area contributed by atoms with E-state index in [1.54, 1.807) is 13.8 Å². The lowest BCUT2D eigenvalue weighted by Gasteiger charge is -2.16. The third-order valence-corrected chi connectivity index (χ3v) is 1.33. The lowest BCUT2D eigenvalue weighted by Crippen LogP contribution is -2.22. The van der Waals surface area contributed by atoms with Crippen molar-refractivity contribution < 1.29 is 19.1 Å². The molecule has 0 saturated carbocycles. The number of hydrogen-bond donors (Lipinski definition) is 1. The fourth-order valence-electron chi connectivity index (χ4n) is 0.273. The summed E-state index contributed by atoms with van der Waals surface area (Å²) in [5, 5.41) is 8.63. The fraction of sp³-hybridized carbons (Fsp3) is 1.00. The summed E-state index contributed by atoms with van der Waals surface area (Å²) in [5.74, 6) is 0. The summed E-state index contributed by atoms with van der Waals surface area (Å²) in [5.41, 5.74) is -0.477. The zero-order valence-corrected chi connectivity index (χ0v) is 6.93. The smallest absolute Gasteiger partial charge is 0.488 e. The first kappa shape index (κ1) is 9.98. The van der Waals surface area contributed by atoms with Crippen LogP contribution in [-0.4, -0.2) is 18.3 Å². The highest BCUT2D eigenvalue weighted by atomic mass is 31.1. The Kier molecular flexibility index (Phi) is 3.98. The summed E-state index contributed by atoms with van der Waals surface area (Å²) in [7, 11) is -2.78. The van der Waals surface area contributed by atoms with Gasteiger partial charge < -0.3 is 10.00 Å². The lowest BCUT2D eigenvalue weighted by molar-refractivity contribution is -0.187. The number of hydrogen-bond acceptors (Lipinski definition) is 4. The first-order valence-electron chi connectivity index (χ1n) is 2.86. The minimum Gasteiger partial charge on any atom is -0.566 e. The maximum Gasteiger partial charge on any atom is 0.488 e. The van der Waals surface area contributed by atoms with Crippen LogP contribution in [0.3, 0.4) is 0 Å². The predicted octanol–water partition coefficient (Wildman–Crippen LogP) is 0.0392. The standard InChI is InChI=1S/C5H11O4P/c1-5(2,3-6)4-9-10(7)8/h6H,3-4H2,1-2H3. The number of aliphatic hydroxyl groups is 1. The van der Waals surface area contributed by atoms with Gasteiger partial charge in [-0.1, -0.05) is 13.8 Å². The van der Waals surface area contributed by atoms with E-state index in [2.05, 4.69) is 4.52 Å². The summed E-state index contributed by atoms with van der Waals surface area (Å²) in [4.78, 5) is 9.90. The van der Waals surface area contributed by atoms with Gasteiger partial charge in [-0.25, -0.2) is 0 Å².